The van der Waals surface area contributed by atoms with Gasteiger partial charge in [0, 0.05) is 11.3 Å². The van der Waals surface area contributed by atoms with Crippen molar-refractivity contribution in [3.05, 3.63) is 65.2 Å². The Bertz CT molecular complexity index is 623. The summed E-state index contributed by atoms with van der Waals surface area (Å²) in [7, 11) is 0. The van der Waals surface area contributed by atoms with Gasteiger partial charge in [0.1, 0.15) is 0 Å². The fourth-order valence-corrected chi connectivity index (χ4v) is 2.43. The van der Waals surface area contributed by atoms with Crippen molar-refractivity contribution in [1.82, 2.24) is 0 Å². The summed E-state index contributed by atoms with van der Waals surface area (Å²) in [6.07, 6.45) is 0. The molecule has 0 aromatic heterocycles. The number of fused-ring (bicyclic) bond motifs is 1. The molecule has 2 aromatic rings. The molecule has 0 bridgehead atoms. The number of primary amides is 1. The second kappa shape index (κ2) is 5.35. The van der Waals surface area contributed by atoms with Crippen molar-refractivity contribution in [2.75, 3.05) is 11.9 Å². The molecule has 0 spiro atoms. The molecule has 20 heavy (non-hydrogen) atoms. The van der Waals surface area contributed by atoms with Crippen molar-refractivity contribution >= 4 is 11.6 Å². The molecule has 102 valence electrons. The van der Waals surface area contributed by atoms with Gasteiger partial charge in [-0.3, -0.25) is 4.79 Å². The zero-order chi connectivity index (χ0) is 13.9. The lowest BCUT2D eigenvalue weighted by Gasteiger charge is -2.27. The van der Waals surface area contributed by atoms with Crippen molar-refractivity contribution in [1.29, 1.82) is 0 Å². The number of hydrogen-bond donors (Lipinski definition) is 2. The topological polar surface area (TPSA) is 64.4 Å². The number of carbonyl (C=O) groups is 1. The van der Waals surface area contributed by atoms with Gasteiger partial charge in [0.15, 0.2) is 0 Å². The van der Waals surface area contributed by atoms with Gasteiger partial charge >= 0.3 is 0 Å². The summed E-state index contributed by atoms with van der Waals surface area (Å²) in [6.45, 7) is 1.30. The molecule has 0 aliphatic carbocycles. The van der Waals surface area contributed by atoms with Crippen LogP contribution in [0.25, 0.3) is 0 Å². The first-order valence-corrected chi connectivity index (χ1v) is 6.56. The first-order chi connectivity index (χ1) is 9.74. The quantitative estimate of drug-likeness (QED) is 0.898. The fraction of sp³-hybridized carbons (Fsp3) is 0.188. The average Bonchev–Trinajstić information content (AvgIpc) is 2.48. The molecule has 3 rings (SSSR count). The number of nitrogens with two attached hydrogens (primary N) is 1. The minimum absolute atomic E-state index is 0.124. The van der Waals surface area contributed by atoms with Crippen LogP contribution in [0, 0.1) is 0 Å². The summed E-state index contributed by atoms with van der Waals surface area (Å²) in [5.41, 5.74) is 9.16. The first kappa shape index (κ1) is 12.7. The smallest absolute Gasteiger partial charge is 0.248 e. The molecule has 1 unspecified atom stereocenters. The Morgan fingerprint density at radius 2 is 1.90 bits per heavy atom. The number of nitrogens with one attached hydrogen (secondary N) is 1. The van der Waals surface area contributed by atoms with Crippen molar-refractivity contribution in [2.45, 2.75) is 12.6 Å². The van der Waals surface area contributed by atoms with Gasteiger partial charge in [-0.05, 0) is 35.4 Å². The molecular formula is C16H16N2O2. The summed E-state index contributed by atoms with van der Waals surface area (Å²) in [5.74, 6) is -0.414. The van der Waals surface area contributed by atoms with Gasteiger partial charge in [0.25, 0.3) is 0 Å². The standard InChI is InChI=1S/C16H16N2O2/c17-16(19)11-5-7-13(8-6-11)18-15-10-20-9-12-3-1-2-4-14(12)15/h1-8,15,18H,9-10H2,(H2,17,19). The molecule has 1 aliphatic heterocycles. The van der Waals surface area contributed by atoms with Gasteiger partial charge in [-0.2, -0.15) is 0 Å². The molecule has 1 aliphatic rings. The van der Waals surface area contributed by atoms with E-state index in [1.807, 2.05) is 24.3 Å². The van der Waals surface area contributed by atoms with Crippen LogP contribution in [-0.2, 0) is 11.3 Å². The van der Waals surface area contributed by atoms with E-state index in [4.69, 9.17) is 10.5 Å². The van der Waals surface area contributed by atoms with Gasteiger partial charge < -0.3 is 15.8 Å². The summed E-state index contributed by atoms with van der Waals surface area (Å²) < 4.78 is 5.61. The number of anilines is 1. The fourth-order valence-electron chi connectivity index (χ4n) is 2.43. The molecule has 0 saturated heterocycles. The monoisotopic (exact) mass is 268 g/mol. The summed E-state index contributed by atoms with van der Waals surface area (Å²) in [6, 6.07) is 15.5. The maximum Gasteiger partial charge on any atom is 0.248 e. The Morgan fingerprint density at radius 3 is 2.65 bits per heavy atom. The van der Waals surface area contributed by atoms with E-state index in [0.717, 1.165) is 5.69 Å². The number of carbonyl (C=O) groups excluding carboxylic acids is 1. The van der Waals surface area contributed by atoms with Gasteiger partial charge in [-0.25, -0.2) is 0 Å². The highest BCUT2D eigenvalue weighted by Gasteiger charge is 2.19. The lowest BCUT2D eigenvalue weighted by atomic mass is 9.99. The molecule has 0 radical (unpaired) electrons. The predicted molar refractivity (Wildman–Crippen MR) is 77.4 cm³/mol. The van der Waals surface area contributed by atoms with E-state index in [9.17, 15) is 4.79 Å². The zero-order valence-electron chi connectivity index (χ0n) is 11.0. The molecular weight excluding hydrogens is 252 g/mol. The first-order valence-electron chi connectivity index (χ1n) is 6.56. The molecule has 4 nitrogen and oxygen atoms in total. The van der Waals surface area contributed by atoms with E-state index in [0.29, 0.717) is 18.8 Å². The lowest BCUT2D eigenvalue weighted by molar-refractivity contribution is 0.0969. The van der Waals surface area contributed by atoms with Crippen LogP contribution in [0.5, 0.6) is 0 Å². The third-order valence-corrected chi connectivity index (χ3v) is 3.48. The molecule has 1 heterocycles. The van der Waals surface area contributed by atoms with Gasteiger partial charge in [0.05, 0.1) is 19.3 Å². The minimum atomic E-state index is -0.414. The lowest BCUT2D eigenvalue weighted by Crippen LogP contribution is -2.23. The van der Waals surface area contributed by atoms with Crippen LogP contribution in [0.3, 0.4) is 0 Å². The SMILES string of the molecule is NC(=O)c1ccc(NC2COCc3ccccc32)cc1. The van der Waals surface area contributed by atoms with Crippen molar-refractivity contribution < 1.29 is 9.53 Å². The molecule has 1 amide bonds. The second-order valence-electron chi connectivity index (χ2n) is 4.85. The maximum atomic E-state index is 11.0. The van der Waals surface area contributed by atoms with Crippen molar-refractivity contribution in [3.63, 3.8) is 0 Å². The van der Waals surface area contributed by atoms with Crippen molar-refractivity contribution in [2.24, 2.45) is 5.73 Å². The van der Waals surface area contributed by atoms with E-state index in [1.54, 1.807) is 12.1 Å². The minimum Gasteiger partial charge on any atom is -0.376 e. The Kier molecular flexibility index (Phi) is 3.39. The molecule has 3 N–H and O–H groups in total. The third-order valence-electron chi connectivity index (χ3n) is 3.48. The highest BCUT2D eigenvalue weighted by molar-refractivity contribution is 5.93. The Balaban J connectivity index is 1.80. The van der Waals surface area contributed by atoms with Crippen LogP contribution in [0.4, 0.5) is 5.69 Å². The third kappa shape index (κ3) is 2.51. The Labute approximate surface area is 117 Å². The van der Waals surface area contributed by atoms with Crippen LogP contribution in [0.1, 0.15) is 27.5 Å². The Morgan fingerprint density at radius 1 is 1.15 bits per heavy atom. The van der Waals surface area contributed by atoms with Crippen LogP contribution in [-0.4, -0.2) is 12.5 Å². The van der Waals surface area contributed by atoms with Crippen LogP contribution < -0.4 is 11.1 Å². The van der Waals surface area contributed by atoms with Crippen LogP contribution in [0.2, 0.25) is 0 Å². The molecule has 0 fully saturated rings. The molecule has 1 atom stereocenters. The molecule has 4 heteroatoms. The van der Waals surface area contributed by atoms with Crippen LogP contribution >= 0.6 is 0 Å². The zero-order valence-corrected chi connectivity index (χ0v) is 11.0. The van der Waals surface area contributed by atoms with E-state index in [1.165, 1.54) is 11.1 Å². The summed E-state index contributed by atoms with van der Waals surface area (Å²) >= 11 is 0. The molecule has 2 aromatic carbocycles. The Hall–Kier alpha value is -2.33. The summed E-state index contributed by atoms with van der Waals surface area (Å²) in [5, 5.41) is 3.43. The predicted octanol–water partition coefficient (Wildman–Crippen LogP) is 2.47. The van der Waals surface area contributed by atoms with E-state index in [2.05, 4.69) is 17.4 Å². The number of benzene rings is 2. The largest absolute Gasteiger partial charge is 0.376 e. The second-order valence-corrected chi connectivity index (χ2v) is 4.85. The number of rotatable bonds is 3. The number of hydrogen-bond acceptors (Lipinski definition) is 3. The van der Waals surface area contributed by atoms with E-state index in [-0.39, 0.29) is 6.04 Å². The maximum absolute atomic E-state index is 11.0. The number of ether oxygens (including phenoxy) is 1. The number of amides is 1. The highest BCUT2D eigenvalue weighted by Crippen LogP contribution is 2.27. The van der Waals surface area contributed by atoms with E-state index >= 15 is 0 Å². The van der Waals surface area contributed by atoms with Crippen molar-refractivity contribution in [3.8, 4) is 0 Å². The highest BCUT2D eigenvalue weighted by atomic mass is 16.5. The summed E-state index contributed by atoms with van der Waals surface area (Å²) in [4.78, 5) is 11.0. The van der Waals surface area contributed by atoms with E-state index < -0.39 is 5.91 Å². The molecule has 0 saturated carbocycles. The van der Waals surface area contributed by atoms with Gasteiger partial charge in [-0.15, -0.1) is 0 Å². The van der Waals surface area contributed by atoms with Crippen LogP contribution in [0.15, 0.2) is 48.5 Å². The normalized spacial score (nSPS) is 17.3. The average molecular weight is 268 g/mol. The van der Waals surface area contributed by atoms with Gasteiger partial charge in [-0.1, -0.05) is 24.3 Å². The van der Waals surface area contributed by atoms with Gasteiger partial charge in [0.2, 0.25) is 5.91 Å².